The number of azide groups is 1. The quantitative estimate of drug-likeness (QED) is 0.144. The summed E-state index contributed by atoms with van der Waals surface area (Å²) in [7, 11) is -7.35. The molecule has 0 aromatic rings. The van der Waals surface area contributed by atoms with Crippen molar-refractivity contribution in [2.24, 2.45) is 4.52 Å². The van der Waals surface area contributed by atoms with Crippen molar-refractivity contribution in [3.8, 4) is 0 Å². The molecule has 0 aliphatic heterocycles. The second-order valence-electron chi connectivity index (χ2n) is 5.94. The predicted octanol–water partition coefficient (Wildman–Crippen LogP) is 0.972. The van der Waals surface area contributed by atoms with Gasteiger partial charge in [0, 0.05) is 51.0 Å². The standard InChI is InChI=1S/C12H29N3O9S2Si2/c1-20-27(6,21-2)12(26(18,19)15-14-13)8-10-25(16,17)9-7-11-28(22-3,23-4)24-5/h12H,7-11H2,1-6H3. The zero-order valence-corrected chi connectivity index (χ0v) is 20.6. The molecule has 0 radical (unpaired) electrons. The SMILES string of the molecule is CO[Si](CCCS(=O)(=O)CCC([Si](C)(OC)OC)S(=O)(=O)N=[N+]=[N-])(OC)OC. The smallest absolute Gasteiger partial charge is 0.397 e. The molecule has 0 aliphatic carbocycles. The molecular formula is C12H29N3O9S2Si2. The zero-order chi connectivity index (χ0) is 22.1. The lowest BCUT2D eigenvalue weighted by Crippen LogP contribution is -2.53. The van der Waals surface area contributed by atoms with Gasteiger partial charge >= 0.3 is 17.4 Å². The highest BCUT2D eigenvalue weighted by Crippen LogP contribution is 2.24. The summed E-state index contributed by atoms with van der Waals surface area (Å²) in [6.07, 6.45) is -0.0867. The van der Waals surface area contributed by atoms with Crippen molar-refractivity contribution in [2.75, 3.05) is 47.1 Å². The Morgan fingerprint density at radius 1 is 0.929 bits per heavy atom. The van der Waals surface area contributed by atoms with Crippen molar-refractivity contribution in [1.82, 2.24) is 0 Å². The molecule has 0 saturated carbocycles. The van der Waals surface area contributed by atoms with E-state index in [1.165, 1.54) is 42.1 Å². The molecule has 0 saturated heterocycles. The van der Waals surface area contributed by atoms with Crippen molar-refractivity contribution in [1.29, 1.82) is 0 Å². The molecule has 0 rings (SSSR count). The zero-order valence-electron chi connectivity index (χ0n) is 16.9. The van der Waals surface area contributed by atoms with E-state index in [9.17, 15) is 16.8 Å². The number of rotatable bonds is 15. The van der Waals surface area contributed by atoms with Gasteiger partial charge in [-0.05, 0) is 24.9 Å². The predicted molar refractivity (Wildman–Crippen MR) is 107 cm³/mol. The fraction of sp³-hybridized carbons (Fsp3) is 1.00. The summed E-state index contributed by atoms with van der Waals surface area (Å²) in [5.41, 5.74) is 8.52. The summed E-state index contributed by atoms with van der Waals surface area (Å²) in [5.74, 6) is -0.640. The minimum atomic E-state index is -4.33. The van der Waals surface area contributed by atoms with Gasteiger partial charge in [0.05, 0.1) is 11.5 Å². The van der Waals surface area contributed by atoms with Gasteiger partial charge in [-0.3, -0.25) is 0 Å². The third-order valence-corrected chi connectivity index (χ3v) is 15.6. The Morgan fingerprint density at radius 3 is 1.82 bits per heavy atom. The van der Waals surface area contributed by atoms with Gasteiger partial charge < -0.3 is 22.1 Å². The molecule has 12 nitrogen and oxygen atoms in total. The molecule has 1 unspecified atom stereocenters. The maximum Gasteiger partial charge on any atom is 0.500 e. The number of hydrogen-bond donors (Lipinski definition) is 0. The molecule has 0 amide bonds. The van der Waals surface area contributed by atoms with E-state index >= 15 is 0 Å². The minimum absolute atomic E-state index is 0.204. The average molecular weight is 480 g/mol. The first-order valence-corrected chi connectivity index (χ1v) is 15.8. The molecule has 0 spiro atoms. The molecule has 0 bridgehead atoms. The van der Waals surface area contributed by atoms with Crippen molar-refractivity contribution in [3.63, 3.8) is 0 Å². The summed E-state index contributed by atoms with van der Waals surface area (Å²) in [6, 6.07) is 0.290. The van der Waals surface area contributed by atoms with Crippen LogP contribution in [-0.2, 0) is 42.0 Å². The summed E-state index contributed by atoms with van der Waals surface area (Å²) >= 11 is 0. The van der Waals surface area contributed by atoms with Crippen LogP contribution in [-0.4, -0.2) is 86.1 Å². The number of sulfonamides is 1. The lowest BCUT2D eigenvalue weighted by molar-refractivity contribution is 0.123. The molecule has 16 heteroatoms. The topological polar surface area (TPSA) is 163 Å². The molecule has 0 heterocycles. The van der Waals surface area contributed by atoms with E-state index < -0.39 is 47.9 Å². The van der Waals surface area contributed by atoms with Crippen molar-refractivity contribution in [2.45, 2.75) is 30.3 Å². The maximum absolute atomic E-state index is 12.4. The van der Waals surface area contributed by atoms with Crippen LogP contribution < -0.4 is 0 Å². The number of nitrogens with zero attached hydrogens (tertiary/aromatic N) is 3. The van der Waals surface area contributed by atoms with Crippen LogP contribution in [0.3, 0.4) is 0 Å². The Bertz CT molecular complexity index is 725. The van der Waals surface area contributed by atoms with Gasteiger partial charge in [0.25, 0.3) is 0 Å². The van der Waals surface area contributed by atoms with E-state index in [0.29, 0.717) is 6.04 Å². The van der Waals surface area contributed by atoms with Gasteiger partial charge in [0.1, 0.15) is 14.7 Å². The first-order chi connectivity index (χ1) is 12.9. The van der Waals surface area contributed by atoms with Crippen molar-refractivity contribution >= 4 is 37.2 Å². The fourth-order valence-corrected chi connectivity index (χ4v) is 11.2. The van der Waals surface area contributed by atoms with E-state index in [2.05, 4.69) is 9.43 Å². The van der Waals surface area contributed by atoms with Crippen LogP contribution >= 0.6 is 0 Å². The molecular weight excluding hydrogens is 450 g/mol. The molecule has 28 heavy (non-hydrogen) atoms. The molecule has 1 atom stereocenters. The normalized spacial score (nSPS) is 14.5. The second-order valence-corrected chi connectivity index (χ2v) is 17.1. The van der Waals surface area contributed by atoms with Crippen LogP contribution in [0.5, 0.6) is 0 Å². The highest BCUT2D eigenvalue weighted by atomic mass is 32.2. The lowest BCUT2D eigenvalue weighted by Gasteiger charge is -2.30. The third-order valence-electron chi connectivity index (χ3n) is 4.47. The van der Waals surface area contributed by atoms with Gasteiger partial charge in [-0.1, -0.05) is 0 Å². The molecule has 0 aromatic heterocycles. The van der Waals surface area contributed by atoms with Crippen LogP contribution in [0, 0.1) is 0 Å². The Labute approximate surface area is 168 Å². The molecule has 0 N–H and O–H groups in total. The number of hydrogen-bond acceptors (Lipinski definition) is 9. The first kappa shape index (κ1) is 27.4. The summed E-state index contributed by atoms with van der Waals surface area (Å²) < 4.78 is 78.4. The Kier molecular flexibility index (Phi) is 11.4. The van der Waals surface area contributed by atoms with E-state index in [0.717, 1.165) is 0 Å². The monoisotopic (exact) mass is 479 g/mol. The first-order valence-electron chi connectivity index (χ1n) is 8.17. The number of sulfone groups is 1. The fourth-order valence-electron chi connectivity index (χ4n) is 2.59. The summed E-state index contributed by atoms with van der Waals surface area (Å²) in [6.45, 7) is 1.46. The summed E-state index contributed by atoms with van der Waals surface area (Å²) in [5, 5.41) is 0. The minimum Gasteiger partial charge on any atom is -0.397 e. The average Bonchev–Trinajstić information content (AvgIpc) is 2.65. The maximum atomic E-state index is 12.4. The highest BCUT2D eigenvalue weighted by Gasteiger charge is 2.48. The Balaban J connectivity index is 5.27. The third kappa shape index (κ3) is 7.70. The van der Waals surface area contributed by atoms with Crippen LogP contribution in [0.2, 0.25) is 12.6 Å². The largest absolute Gasteiger partial charge is 0.500 e. The molecule has 0 aromatic carbocycles. The molecule has 0 fully saturated rings. The highest BCUT2D eigenvalue weighted by molar-refractivity contribution is 7.93. The lowest BCUT2D eigenvalue weighted by atomic mass is 10.6. The van der Waals surface area contributed by atoms with Gasteiger partial charge in [-0.15, -0.1) is 0 Å². The van der Waals surface area contributed by atoms with Gasteiger partial charge in [0.2, 0.25) is 10.0 Å². The van der Waals surface area contributed by atoms with E-state index in [1.807, 2.05) is 0 Å². The molecule has 166 valence electrons. The van der Waals surface area contributed by atoms with Gasteiger partial charge in [0.15, 0.2) is 0 Å². The van der Waals surface area contributed by atoms with Crippen LogP contribution in [0.4, 0.5) is 0 Å². The second kappa shape index (κ2) is 11.6. The Morgan fingerprint density at radius 2 is 1.43 bits per heavy atom. The summed E-state index contributed by atoms with van der Waals surface area (Å²) in [4.78, 5) is 0.952. The van der Waals surface area contributed by atoms with E-state index in [-0.39, 0.29) is 18.6 Å². The van der Waals surface area contributed by atoms with Crippen LogP contribution in [0.15, 0.2) is 4.52 Å². The Hall–Kier alpha value is -0.556. The van der Waals surface area contributed by atoms with E-state index in [1.54, 1.807) is 0 Å². The van der Waals surface area contributed by atoms with Crippen molar-refractivity contribution < 1.29 is 39.0 Å². The van der Waals surface area contributed by atoms with E-state index in [4.69, 9.17) is 27.7 Å². The van der Waals surface area contributed by atoms with Gasteiger partial charge in [-0.2, -0.15) is 0 Å². The molecule has 0 aliphatic rings. The van der Waals surface area contributed by atoms with Crippen LogP contribution in [0.25, 0.3) is 10.4 Å². The van der Waals surface area contributed by atoms with Crippen LogP contribution in [0.1, 0.15) is 12.8 Å². The van der Waals surface area contributed by atoms with Gasteiger partial charge in [-0.25, -0.2) is 16.8 Å². The van der Waals surface area contributed by atoms with Crippen molar-refractivity contribution in [3.05, 3.63) is 10.4 Å².